The largest absolute Gasteiger partial charge is 0.170 e. The van der Waals surface area contributed by atoms with Gasteiger partial charge in [0.2, 0.25) is 0 Å². The third-order valence-corrected chi connectivity index (χ3v) is 3.04. The molecule has 0 aromatic carbocycles. The van der Waals surface area contributed by atoms with Gasteiger partial charge in [0.1, 0.15) is 19.6 Å². The minimum absolute atomic E-state index is 1.09. The van der Waals surface area contributed by atoms with Crippen LogP contribution < -0.4 is 4.90 Å². The zero-order valence-corrected chi connectivity index (χ0v) is 6.68. The minimum atomic E-state index is 1.09. The lowest BCUT2D eigenvalue weighted by molar-refractivity contribution is 0.228. The molecule has 0 N–H and O–H groups in total. The highest BCUT2D eigenvalue weighted by molar-refractivity contribution is 4.78. The van der Waals surface area contributed by atoms with Crippen molar-refractivity contribution in [3.05, 3.63) is 0 Å². The van der Waals surface area contributed by atoms with E-state index in [0.717, 1.165) is 5.92 Å². The molecular weight excluding hydrogens is 122 g/mol. The minimum Gasteiger partial charge on any atom is -0.170 e. The van der Waals surface area contributed by atoms with Crippen molar-refractivity contribution in [2.45, 2.75) is 32.1 Å². The fraction of sp³-hybridized carbons (Fsp3) is 1.00. The van der Waals surface area contributed by atoms with Gasteiger partial charge < -0.3 is 0 Å². The first-order valence-electron chi connectivity index (χ1n) is 4.67. The summed E-state index contributed by atoms with van der Waals surface area (Å²) in [5.41, 5.74) is 0. The standard InChI is InChI=1S/C9H17N/c1-2-6-10-7-4-9(3-1)5-8-10/h9H,1-8H2/q+1. The third kappa shape index (κ3) is 1.34. The molecule has 0 atom stereocenters. The predicted molar refractivity (Wildman–Crippen MR) is 43.3 cm³/mol. The van der Waals surface area contributed by atoms with E-state index in [2.05, 4.69) is 4.90 Å². The van der Waals surface area contributed by atoms with Crippen LogP contribution in [0.2, 0.25) is 0 Å². The van der Waals surface area contributed by atoms with Crippen LogP contribution in [0.3, 0.4) is 0 Å². The molecule has 3 rings (SSSR count). The van der Waals surface area contributed by atoms with Gasteiger partial charge in [0.05, 0.1) is 0 Å². The second-order valence-electron chi connectivity index (χ2n) is 3.78. The summed E-state index contributed by atoms with van der Waals surface area (Å²) in [5.74, 6) is 1.09. The Morgan fingerprint density at radius 3 is 2.40 bits per heavy atom. The van der Waals surface area contributed by atoms with Crippen LogP contribution in [0.25, 0.3) is 0 Å². The molecule has 3 heterocycles. The fourth-order valence-corrected chi connectivity index (χ4v) is 2.27. The maximum absolute atomic E-state index is 2.63. The first kappa shape index (κ1) is 6.66. The molecule has 1 radical (unpaired) electrons. The van der Waals surface area contributed by atoms with Crippen molar-refractivity contribution in [3.63, 3.8) is 0 Å². The number of rotatable bonds is 0. The van der Waals surface area contributed by atoms with E-state index in [9.17, 15) is 0 Å². The molecule has 10 heavy (non-hydrogen) atoms. The molecule has 0 aliphatic carbocycles. The Hall–Kier alpha value is -0.0400. The van der Waals surface area contributed by atoms with E-state index in [1.54, 1.807) is 0 Å². The molecule has 0 aromatic heterocycles. The van der Waals surface area contributed by atoms with Crippen molar-refractivity contribution in [1.29, 1.82) is 0 Å². The smallest absolute Gasteiger partial charge is 0.123 e. The number of hydrogen-bond acceptors (Lipinski definition) is 1. The van der Waals surface area contributed by atoms with Gasteiger partial charge in [-0.3, -0.25) is 0 Å². The molecule has 0 aromatic rings. The summed E-state index contributed by atoms with van der Waals surface area (Å²) < 4.78 is 0. The first-order chi connectivity index (χ1) is 4.95. The van der Waals surface area contributed by atoms with Gasteiger partial charge in [0, 0.05) is 19.3 Å². The summed E-state index contributed by atoms with van der Waals surface area (Å²) in [5, 5.41) is 0. The monoisotopic (exact) mass is 139 g/mol. The van der Waals surface area contributed by atoms with Crippen molar-refractivity contribution < 1.29 is 0 Å². The highest BCUT2D eigenvalue weighted by Crippen LogP contribution is 2.24. The second-order valence-corrected chi connectivity index (χ2v) is 3.78. The average molecular weight is 139 g/mol. The van der Waals surface area contributed by atoms with Crippen LogP contribution in [0.5, 0.6) is 0 Å². The molecule has 3 fully saturated rings. The Balaban J connectivity index is 1.94. The lowest BCUT2D eigenvalue weighted by Crippen LogP contribution is -2.41. The lowest BCUT2D eigenvalue weighted by Gasteiger charge is -2.27. The van der Waals surface area contributed by atoms with Crippen molar-refractivity contribution in [2.75, 3.05) is 19.6 Å². The van der Waals surface area contributed by atoms with Crippen LogP contribution in [0, 0.1) is 5.92 Å². The maximum Gasteiger partial charge on any atom is 0.123 e. The van der Waals surface area contributed by atoms with Gasteiger partial charge in [-0.05, 0) is 18.8 Å². The summed E-state index contributed by atoms with van der Waals surface area (Å²) in [4.78, 5) is 2.63. The Bertz CT molecular complexity index is 83.8. The van der Waals surface area contributed by atoms with E-state index in [4.69, 9.17) is 0 Å². The maximum atomic E-state index is 2.63. The predicted octanol–water partition coefficient (Wildman–Crippen LogP) is 1.72. The van der Waals surface area contributed by atoms with Gasteiger partial charge in [0.25, 0.3) is 0 Å². The molecular formula is C9H17N+. The molecule has 57 valence electrons. The van der Waals surface area contributed by atoms with Gasteiger partial charge in [-0.1, -0.05) is 0 Å². The number of fused-ring (bicyclic) bond motifs is 5. The molecule has 3 aliphatic rings. The Kier molecular flexibility index (Phi) is 1.94. The molecule has 0 saturated carbocycles. The quantitative estimate of drug-likeness (QED) is 0.451. The van der Waals surface area contributed by atoms with E-state index in [-0.39, 0.29) is 0 Å². The van der Waals surface area contributed by atoms with Crippen molar-refractivity contribution >= 4 is 0 Å². The topological polar surface area (TPSA) is 5.90 Å². The Morgan fingerprint density at radius 2 is 1.60 bits per heavy atom. The second kappa shape index (κ2) is 2.91. The fourth-order valence-electron chi connectivity index (χ4n) is 2.27. The lowest BCUT2D eigenvalue weighted by atomic mass is 9.89. The summed E-state index contributed by atoms with van der Waals surface area (Å²) in [6.45, 7) is 4.17. The number of hydrogen-bond donors (Lipinski definition) is 0. The van der Waals surface area contributed by atoms with Crippen LogP contribution in [0.1, 0.15) is 32.1 Å². The van der Waals surface area contributed by atoms with Crippen LogP contribution in [-0.2, 0) is 0 Å². The van der Waals surface area contributed by atoms with Crippen molar-refractivity contribution in [3.8, 4) is 0 Å². The number of piperidine rings is 1. The molecule has 0 amide bonds. The van der Waals surface area contributed by atoms with Crippen LogP contribution >= 0.6 is 0 Å². The van der Waals surface area contributed by atoms with Gasteiger partial charge in [-0.2, -0.15) is 4.90 Å². The van der Waals surface area contributed by atoms with Crippen LogP contribution in [0.15, 0.2) is 0 Å². The molecule has 3 saturated heterocycles. The van der Waals surface area contributed by atoms with E-state index >= 15 is 0 Å². The van der Waals surface area contributed by atoms with Crippen LogP contribution in [-0.4, -0.2) is 19.6 Å². The van der Waals surface area contributed by atoms with Crippen molar-refractivity contribution in [1.82, 2.24) is 4.90 Å². The Morgan fingerprint density at radius 1 is 0.800 bits per heavy atom. The van der Waals surface area contributed by atoms with E-state index in [0.29, 0.717) is 0 Å². The highest BCUT2D eigenvalue weighted by Gasteiger charge is 2.27. The summed E-state index contributed by atoms with van der Waals surface area (Å²) in [7, 11) is 0. The van der Waals surface area contributed by atoms with E-state index in [1.165, 1.54) is 51.7 Å². The molecule has 0 unspecified atom stereocenters. The van der Waals surface area contributed by atoms with E-state index in [1.807, 2.05) is 0 Å². The molecule has 2 bridgehead atoms. The van der Waals surface area contributed by atoms with Gasteiger partial charge >= 0.3 is 0 Å². The highest BCUT2D eigenvalue weighted by atomic mass is 15.1. The van der Waals surface area contributed by atoms with Gasteiger partial charge in [-0.25, -0.2) is 0 Å². The normalized spacial score (nSPS) is 40.8. The first-order valence-corrected chi connectivity index (χ1v) is 4.67. The van der Waals surface area contributed by atoms with Crippen LogP contribution in [0.4, 0.5) is 0 Å². The number of nitrogens with zero attached hydrogens (tertiary/aromatic N) is 1. The third-order valence-electron chi connectivity index (χ3n) is 3.04. The summed E-state index contributed by atoms with van der Waals surface area (Å²) in [6.07, 6.45) is 7.44. The van der Waals surface area contributed by atoms with Crippen molar-refractivity contribution in [2.24, 2.45) is 5.92 Å². The summed E-state index contributed by atoms with van der Waals surface area (Å²) >= 11 is 0. The summed E-state index contributed by atoms with van der Waals surface area (Å²) in [6, 6.07) is 0. The Labute approximate surface area is 63.4 Å². The zero-order chi connectivity index (χ0) is 6.81. The van der Waals surface area contributed by atoms with Gasteiger partial charge in [-0.15, -0.1) is 0 Å². The molecule has 3 aliphatic heterocycles. The molecule has 0 spiro atoms. The molecule has 1 heteroatoms. The van der Waals surface area contributed by atoms with Gasteiger partial charge in [0.15, 0.2) is 0 Å². The molecule has 1 nitrogen and oxygen atoms in total. The average Bonchev–Trinajstić information content (AvgIpc) is 1.89. The van der Waals surface area contributed by atoms with E-state index < -0.39 is 0 Å². The SMILES string of the molecule is C1CC[N+]2CCC(C1)CC2. The zero-order valence-electron chi connectivity index (χ0n) is 6.68.